The number of fused-ring (bicyclic) bond motifs is 1. The van der Waals surface area contributed by atoms with E-state index >= 15 is 0 Å². The third-order valence-electron chi connectivity index (χ3n) is 2.62. The van der Waals surface area contributed by atoms with E-state index in [0.29, 0.717) is 4.88 Å². The summed E-state index contributed by atoms with van der Waals surface area (Å²) in [7, 11) is 0. The lowest BCUT2D eigenvalue weighted by Crippen LogP contribution is -1.94. The monoisotopic (exact) mass is 220 g/mol. The van der Waals surface area contributed by atoms with Crippen LogP contribution >= 0.6 is 11.3 Å². The number of carbonyl (C=O) groups is 1. The molecule has 15 heavy (non-hydrogen) atoms. The molecule has 0 aliphatic rings. The maximum Gasteiger partial charge on any atom is 0.346 e. The van der Waals surface area contributed by atoms with Crippen LogP contribution in [0, 0.1) is 6.92 Å². The summed E-state index contributed by atoms with van der Waals surface area (Å²) < 4.78 is 1.07. The Labute approximate surface area is 92.2 Å². The van der Waals surface area contributed by atoms with Gasteiger partial charge in [0, 0.05) is 4.70 Å². The Kier molecular flexibility index (Phi) is 2.49. The van der Waals surface area contributed by atoms with Gasteiger partial charge in [0.1, 0.15) is 4.88 Å². The van der Waals surface area contributed by atoms with Gasteiger partial charge in [-0.3, -0.25) is 0 Å². The van der Waals surface area contributed by atoms with Crippen LogP contribution in [-0.2, 0) is 6.42 Å². The van der Waals surface area contributed by atoms with E-state index in [2.05, 4.69) is 13.0 Å². The van der Waals surface area contributed by atoms with Crippen LogP contribution in [0.2, 0.25) is 0 Å². The van der Waals surface area contributed by atoms with E-state index in [0.717, 1.165) is 22.1 Å². The molecule has 0 bridgehead atoms. The molecule has 0 amide bonds. The lowest BCUT2D eigenvalue weighted by Gasteiger charge is -2.00. The summed E-state index contributed by atoms with van der Waals surface area (Å²) in [4.78, 5) is 11.5. The molecule has 0 atom stereocenters. The summed E-state index contributed by atoms with van der Waals surface area (Å²) in [6.07, 6.45) is 0.938. The number of carboxylic acids is 1. The number of aromatic carboxylic acids is 1. The fraction of sp³-hybridized carbons (Fsp3) is 0.250. The number of carboxylic acid groups (broad SMARTS) is 1. The number of benzene rings is 1. The van der Waals surface area contributed by atoms with Crippen LogP contribution < -0.4 is 0 Å². The van der Waals surface area contributed by atoms with Crippen molar-refractivity contribution in [2.24, 2.45) is 0 Å². The van der Waals surface area contributed by atoms with Gasteiger partial charge < -0.3 is 5.11 Å². The van der Waals surface area contributed by atoms with Crippen molar-refractivity contribution >= 4 is 27.4 Å². The van der Waals surface area contributed by atoms with E-state index in [1.54, 1.807) is 0 Å². The number of hydrogen-bond donors (Lipinski definition) is 1. The highest BCUT2D eigenvalue weighted by atomic mass is 32.1. The highest BCUT2D eigenvalue weighted by Crippen LogP contribution is 2.33. The van der Waals surface area contributed by atoms with E-state index in [9.17, 15) is 4.79 Å². The molecule has 1 N–H and O–H groups in total. The molecule has 0 aliphatic carbocycles. The molecule has 0 fully saturated rings. The fourth-order valence-electron chi connectivity index (χ4n) is 1.89. The number of hydrogen-bond acceptors (Lipinski definition) is 2. The number of aryl methyl sites for hydroxylation is 2. The maximum absolute atomic E-state index is 11.0. The van der Waals surface area contributed by atoms with Gasteiger partial charge in [-0.25, -0.2) is 4.79 Å². The molecule has 1 aromatic heterocycles. The molecular weight excluding hydrogens is 208 g/mol. The zero-order chi connectivity index (χ0) is 11.0. The molecule has 1 heterocycles. The molecular formula is C12H12O2S. The number of thiophene rings is 1. The minimum Gasteiger partial charge on any atom is -0.477 e. The first-order valence-electron chi connectivity index (χ1n) is 4.89. The molecule has 0 saturated carbocycles. The SMILES string of the molecule is CCc1cccc2sc(C(=O)O)c(C)c12. The van der Waals surface area contributed by atoms with Crippen LogP contribution in [0.3, 0.4) is 0 Å². The van der Waals surface area contributed by atoms with Crippen LogP contribution in [0.1, 0.15) is 27.7 Å². The lowest BCUT2D eigenvalue weighted by molar-refractivity contribution is 0.0701. The Bertz CT molecular complexity index is 526. The average Bonchev–Trinajstić information content (AvgIpc) is 2.56. The van der Waals surface area contributed by atoms with Gasteiger partial charge in [0.2, 0.25) is 0 Å². The van der Waals surface area contributed by atoms with Gasteiger partial charge >= 0.3 is 5.97 Å². The zero-order valence-corrected chi connectivity index (χ0v) is 9.52. The van der Waals surface area contributed by atoms with Crippen molar-refractivity contribution in [1.82, 2.24) is 0 Å². The van der Waals surface area contributed by atoms with E-state index in [-0.39, 0.29) is 0 Å². The summed E-state index contributed by atoms with van der Waals surface area (Å²) in [5.41, 5.74) is 2.13. The van der Waals surface area contributed by atoms with Crippen molar-refractivity contribution in [1.29, 1.82) is 0 Å². The highest BCUT2D eigenvalue weighted by molar-refractivity contribution is 7.21. The normalized spacial score (nSPS) is 10.8. The van der Waals surface area contributed by atoms with Gasteiger partial charge in [-0.2, -0.15) is 0 Å². The van der Waals surface area contributed by atoms with Gasteiger partial charge in [-0.15, -0.1) is 11.3 Å². The molecule has 2 nitrogen and oxygen atoms in total. The lowest BCUT2D eigenvalue weighted by atomic mass is 10.0. The first kappa shape index (κ1) is 10.2. The van der Waals surface area contributed by atoms with E-state index in [1.165, 1.54) is 16.9 Å². The Morgan fingerprint density at radius 1 is 1.47 bits per heavy atom. The second-order valence-corrected chi connectivity index (χ2v) is 4.56. The standard InChI is InChI=1S/C12H12O2S/c1-3-8-5-4-6-9-10(8)7(2)11(15-9)12(13)14/h4-6H,3H2,1-2H3,(H,13,14). The predicted molar refractivity (Wildman–Crippen MR) is 62.9 cm³/mol. The van der Waals surface area contributed by atoms with Crippen LogP contribution in [0.4, 0.5) is 0 Å². The topological polar surface area (TPSA) is 37.3 Å². The Morgan fingerprint density at radius 2 is 2.20 bits per heavy atom. The third kappa shape index (κ3) is 1.53. The van der Waals surface area contributed by atoms with Crippen molar-refractivity contribution in [3.05, 3.63) is 34.2 Å². The van der Waals surface area contributed by atoms with Crippen molar-refractivity contribution in [2.75, 3.05) is 0 Å². The van der Waals surface area contributed by atoms with Crippen LogP contribution in [0.25, 0.3) is 10.1 Å². The molecule has 78 valence electrons. The molecule has 0 aliphatic heterocycles. The van der Waals surface area contributed by atoms with Crippen molar-refractivity contribution < 1.29 is 9.90 Å². The molecule has 0 saturated heterocycles. The average molecular weight is 220 g/mol. The van der Waals surface area contributed by atoms with E-state index < -0.39 is 5.97 Å². The second-order valence-electron chi connectivity index (χ2n) is 3.51. The quantitative estimate of drug-likeness (QED) is 0.841. The zero-order valence-electron chi connectivity index (χ0n) is 8.70. The molecule has 3 heteroatoms. The summed E-state index contributed by atoms with van der Waals surface area (Å²) in [5, 5.41) is 10.2. The largest absolute Gasteiger partial charge is 0.477 e. The maximum atomic E-state index is 11.0. The smallest absolute Gasteiger partial charge is 0.346 e. The first-order chi connectivity index (χ1) is 7.15. The Morgan fingerprint density at radius 3 is 2.80 bits per heavy atom. The van der Waals surface area contributed by atoms with Gasteiger partial charge in [0.25, 0.3) is 0 Å². The predicted octanol–water partition coefficient (Wildman–Crippen LogP) is 3.47. The minimum absolute atomic E-state index is 0.464. The summed E-state index contributed by atoms with van der Waals surface area (Å²) >= 11 is 1.36. The summed E-state index contributed by atoms with van der Waals surface area (Å²) in [6, 6.07) is 6.04. The van der Waals surface area contributed by atoms with Crippen molar-refractivity contribution in [3.63, 3.8) is 0 Å². The second kappa shape index (κ2) is 3.66. The first-order valence-corrected chi connectivity index (χ1v) is 5.71. The molecule has 2 rings (SSSR count). The fourth-order valence-corrected chi connectivity index (χ4v) is 2.98. The highest BCUT2D eigenvalue weighted by Gasteiger charge is 2.15. The summed E-state index contributed by atoms with van der Waals surface area (Å²) in [6.45, 7) is 3.98. The molecule has 1 aromatic carbocycles. The minimum atomic E-state index is -0.823. The third-order valence-corrected chi connectivity index (χ3v) is 3.86. The van der Waals surface area contributed by atoms with Crippen LogP contribution in [0.15, 0.2) is 18.2 Å². The number of rotatable bonds is 2. The van der Waals surface area contributed by atoms with Gasteiger partial charge in [0.05, 0.1) is 0 Å². The van der Waals surface area contributed by atoms with Gasteiger partial charge in [0.15, 0.2) is 0 Å². The van der Waals surface area contributed by atoms with E-state index in [4.69, 9.17) is 5.11 Å². The molecule has 0 radical (unpaired) electrons. The summed E-state index contributed by atoms with van der Waals surface area (Å²) in [5.74, 6) is -0.823. The van der Waals surface area contributed by atoms with Crippen molar-refractivity contribution in [3.8, 4) is 0 Å². The van der Waals surface area contributed by atoms with Gasteiger partial charge in [-0.05, 0) is 35.9 Å². The van der Waals surface area contributed by atoms with E-state index in [1.807, 2.05) is 19.1 Å². The van der Waals surface area contributed by atoms with Crippen LogP contribution in [0.5, 0.6) is 0 Å². The Hall–Kier alpha value is -1.35. The van der Waals surface area contributed by atoms with Gasteiger partial charge in [-0.1, -0.05) is 19.1 Å². The van der Waals surface area contributed by atoms with Crippen molar-refractivity contribution in [2.45, 2.75) is 20.3 Å². The molecule has 0 unspecified atom stereocenters. The van der Waals surface area contributed by atoms with Crippen LogP contribution in [-0.4, -0.2) is 11.1 Å². The Balaban J connectivity index is 2.82. The molecule has 0 spiro atoms. The molecule has 2 aromatic rings.